The van der Waals surface area contributed by atoms with E-state index in [0.29, 0.717) is 24.9 Å². The van der Waals surface area contributed by atoms with E-state index in [1.165, 1.54) is 42.0 Å². The van der Waals surface area contributed by atoms with Crippen molar-refractivity contribution in [2.75, 3.05) is 83.1 Å². The molecular weight excluding hydrogens is 932 g/mol. The third-order valence-corrected chi connectivity index (χ3v) is 15.4. The number of piperidine rings is 1. The lowest BCUT2D eigenvalue weighted by molar-refractivity contribution is -0.384. The first-order chi connectivity index (χ1) is 32.6. The van der Waals surface area contributed by atoms with Crippen LogP contribution in [0.4, 0.5) is 17.1 Å². The van der Waals surface area contributed by atoms with E-state index in [4.69, 9.17) is 42.1 Å². The average molecular weight is 992 g/mol. The monoisotopic (exact) mass is 990 g/mol. The van der Waals surface area contributed by atoms with Crippen LogP contribution in [0.5, 0.6) is 17.2 Å². The molecule has 4 aromatic rings. The molecule has 18 heteroatoms. The Morgan fingerprint density at radius 1 is 0.897 bits per heavy atom. The molecule has 0 unspecified atom stereocenters. The van der Waals surface area contributed by atoms with Crippen molar-refractivity contribution in [1.29, 1.82) is 0 Å². The number of halogens is 2. The number of ether oxygens (including phenoxy) is 4. The zero-order chi connectivity index (χ0) is 48.0. The van der Waals surface area contributed by atoms with Gasteiger partial charge >= 0.3 is 0 Å². The van der Waals surface area contributed by atoms with Crippen molar-refractivity contribution in [1.82, 2.24) is 14.5 Å². The molecule has 3 aliphatic heterocycles. The minimum absolute atomic E-state index is 0.00280. The number of nitrogens with zero attached hydrogens (tertiary/aromatic N) is 4. The molecule has 3 heterocycles. The Kier molecular flexibility index (Phi) is 15.9. The number of nitro groups is 1. The zero-order valence-corrected chi connectivity index (χ0v) is 41.1. The lowest BCUT2D eigenvalue weighted by Gasteiger charge is -2.39. The number of sulfonamides is 1. The van der Waals surface area contributed by atoms with E-state index >= 15 is 0 Å². The fourth-order valence-electron chi connectivity index (χ4n) is 9.64. The van der Waals surface area contributed by atoms with Gasteiger partial charge in [-0.15, -0.1) is 0 Å². The number of nitro benzene ring substituents is 1. The predicted molar refractivity (Wildman–Crippen MR) is 265 cm³/mol. The Morgan fingerprint density at radius 3 is 2.32 bits per heavy atom. The number of allylic oxidation sites excluding steroid dienone is 1. The Morgan fingerprint density at radius 2 is 1.63 bits per heavy atom. The first kappa shape index (κ1) is 49.5. The topological polar surface area (TPSA) is 165 Å². The second kappa shape index (κ2) is 21.8. The van der Waals surface area contributed by atoms with Crippen molar-refractivity contribution in [3.05, 3.63) is 116 Å². The van der Waals surface area contributed by atoms with Crippen molar-refractivity contribution in [3.63, 3.8) is 0 Å². The molecule has 0 aromatic heterocycles. The van der Waals surface area contributed by atoms with Gasteiger partial charge in [0.2, 0.25) is 0 Å². The summed E-state index contributed by atoms with van der Waals surface area (Å²) in [4.78, 5) is 32.5. The van der Waals surface area contributed by atoms with Crippen molar-refractivity contribution < 1.29 is 37.1 Å². The van der Waals surface area contributed by atoms with E-state index in [1.54, 1.807) is 30.3 Å². The normalized spacial score (nSPS) is 18.9. The maximum Gasteiger partial charge on any atom is 0.293 e. The smallest absolute Gasteiger partial charge is 0.293 e. The third kappa shape index (κ3) is 12.3. The number of nitrogens with one attached hydrogen (secondary N) is 2. The van der Waals surface area contributed by atoms with Crippen LogP contribution in [0, 0.1) is 15.5 Å². The van der Waals surface area contributed by atoms with Crippen molar-refractivity contribution in [3.8, 4) is 17.2 Å². The highest BCUT2D eigenvalue weighted by Gasteiger charge is 2.32. The molecule has 0 atom stereocenters. The molecule has 0 saturated carbocycles. The van der Waals surface area contributed by atoms with Gasteiger partial charge in [0.1, 0.15) is 22.9 Å². The van der Waals surface area contributed by atoms with E-state index in [-0.39, 0.29) is 46.0 Å². The summed E-state index contributed by atoms with van der Waals surface area (Å²) < 4.78 is 52.2. The fourth-order valence-corrected chi connectivity index (χ4v) is 11.0. The van der Waals surface area contributed by atoms with Gasteiger partial charge in [-0.05, 0) is 110 Å². The Hall–Kier alpha value is -4.94. The molecule has 0 bridgehead atoms. The molecule has 1 aliphatic carbocycles. The number of hydrogen-bond acceptors (Lipinski definition) is 13. The predicted octanol–water partition coefficient (Wildman–Crippen LogP) is 9.64. The first-order valence-electron chi connectivity index (χ1n) is 23.3. The molecule has 0 spiro atoms. The molecule has 0 radical (unpaired) electrons. The molecular formula is C50H60Cl2N6O9S. The summed E-state index contributed by atoms with van der Waals surface area (Å²) in [7, 11) is -3.11. The van der Waals surface area contributed by atoms with Gasteiger partial charge in [0, 0.05) is 107 Å². The van der Waals surface area contributed by atoms with E-state index in [2.05, 4.69) is 50.7 Å². The number of carbonyl (C=O) groups is 1. The molecule has 68 heavy (non-hydrogen) atoms. The van der Waals surface area contributed by atoms with Crippen LogP contribution in [0.15, 0.2) is 89.3 Å². The van der Waals surface area contributed by atoms with E-state index in [9.17, 15) is 23.3 Å². The number of benzene rings is 4. The number of likely N-dealkylation sites (tertiary alicyclic amines) is 1. The minimum atomic E-state index is -4.61. The summed E-state index contributed by atoms with van der Waals surface area (Å²) in [6.45, 7) is 11.7. The second-order valence-corrected chi connectivity index (χ2v) is 21.3. The molecule has 2 N–H and O–H groups in total. The molecule has 3 saturated heterocycles. The Balaban J connectivity index is 0.984. The summed E-state index contributed by atoms with van der Waals surface area (Å²) in [5, 5.41) is 16.5. The SMILES string of the molecule is COCOc1ccc(Oc2cc(N3CCN(CC4=C(c5ccc(Cl)cc5)CC(C)(C)CC4)CC3)ccc2C(=O)NS(=O)(=O)c2ccc(NC3CCN(C4CCOCC4)CC3)c([N+](=O)[O-])c2)c(Cl)c1. The van der Waals surface area contributed by atoms with E-state index in [1.807, 2.05) is 12.1 Å². The van der Waals surface area contributed by atoms with E-state index < -0.39 is 31.4 Å². The maximum absolute atomic E-state index is 14.1. The summed E-state index contributed by atoms with van der Waals surface area (Å²) in [6, 6.07) is 22.0. The summed E-state index contributed by atoms with van der Waals surface area (Å²) in [5.74, 6) is -0.307. The molecule has 364 valence electrons. The molecule has 8 rings (SSSR count). The van der Waals surface area contributed by atoms with Crippen LogP contribution in [-0.2, 0) is 19.5 Å². The number of hydrogen-bond donors (Lipinski definition) is 2. The van der Waals surface area contributed by atoms with Crippen LogP contribution in [0.25, 0.3) is 5.57 Å². The lowest BCUT2D eigenvalue weighted by atomic mass is 9.72. The number of rotatable bonds is 16. The first-order valence-corrected chi connectivity index (χ1v) is 25.5. The van der Waals surface area contributed by atoms with Crippen LogP contribution in [-0.4, -0.2) is 114 Å². The molecule has 1 amide bonds. The zero-order valence-electron chi connectivity index (χ0n) is 38.8. The second-order valence-electron chi connectivity index (χ2n) is 18.8. The summed E-state index contributed by atoms with van der Waals surface area (Å²) in [6.07, 6.45) is 6.71. The highest BCUT2D eigenvalue weighted by molar-refractivity contribution is 7.90. The molecule has 15 nitrogen and oxygen atoms in total. The minimum Gasteiger partial charge on any atom is -0.468 e. The van der Waals surface area contributed by atoms with E-state index in [0.717, 1.165) is 108 Å². The summed E-state index contributed by atoms with van der Waals surface area (Å²) in [5.41, 5.74) is 4.77. The molecule has 4 aliphatic rings. The van der Waals surface area contributed by atoms with Crippen LogP contribution in [0.2, 0.25) is 10.0 Å². The lowest BCUT2D eigenvalue weighted by Crippen LogP contribution is -2.47. The van der Waals surface area contributed by atoms with Crippen LogP contribution in [0.1, 0.15) is 74.7 Å². The average Bonchev–Trinajstić information content (AvgIpc) is 3.33. The van der Waals surface area contributed by atoms with Gasteiger partial charge in [0.05, 0.1) is 20.4 Å². The Bertz CT molecular complexity index is 2590. The number of anilines is 2. The number of piperazine rings is 1. The third-order valence-electron chi connectivity index (χ3n) is 13.5. The molecule has 4 aromatic carbocycles. The van der Waals surface area contributed by atoms with Crippen molar-refractivity contribution in [2.45, 2.75) is 75.8 Å². The highest BCUT2D eigenvalue weighted by Crippen LogP contribution is 2.44. The number of methoxy groups -OCH3 is 1. The largest absolute Gasteiger partial charge is 0.468 e. The van der Waals surface area contributed by atoms with Gasteiger partial charge in [-0.3, -0.25) is 19.8 Å². The van der Waals surface area contributed by atoms with Crippen LogP contribution < -0.4 is 24.4 Å². The van der Waals surface area contributed by atoms with Gasteiger partial charge in [-0.1, -0.05) is 54.8 Å². The van der Waals surface area contributed by atoms with Gasteiger partial charge in [-0.2, -0.15) is 0 Å². The van der Waals surface area contributed by atoms with Crippen molar-refractivity contribution >= 4 is 61.8 Å². The van der Waals surface area contributed by atoms with Gasteiger partial charge < -0.3 is 34.1 Å². The van der Waals surface area contributed by atoms with Gasteiger partial charge in [0.15, 0.2) is 6.79 Å². The maximum atomic E-state index is 14.1. The van der Waals surface area contributed by atoms with Crippen LogP contribution in [0.3, 0.4) is 0 Å². The van der Waals surface area contributed by atoms with Gasteiger partial charge in [-0.25, -0.2) is 13.1 Å². The fraction of sp³-hybridized carbons (Fsp3) is 0.460. The molecule has 3 fully saturated rings. The number of amides is 1. The quantitative estimate of drug-likeness (QED) is 0.0620. The number of carbonyl (C=O) groups excluding carboxylic acids is 1. The Labute approximate surface area is 408 Å². The van der Waals surface area contributed by atoms with Crippen molar-refractivity contribution in [2.24, 2.45) is 5.41 Å². The van der Waals surface area contributed by atoms with Gasteiger partial charge in [0.25, 0.3) is 21.6 Å². The summed E-state index contributed by atoms with van der Waals surface area (Å²) >= 11 is 12.9. The van der Waals surface area contributed by atoms with Crippen LogP contribution >= 0.6 is 23.2 Å². The standard InChI is InChI=1S/C50H60Cl2N6O9S/c1-50(2)19-14-35(43(31-50)34-4-6-36(51)7-5-34)32-55-22-24-57(25-23-55)39-8-11-42(48(28-39)67-47-13-9-40(29-44(47)52)66-33-64-3)49(59)54-68(62,63)41-10-12-45(46(30-41)58(60)61)53-37-15-20-56(21-16-37)38-17-26-65-27-18-38/h4-13,28-30,37-38,53H,14-27,31-33H2,1-3H3,(H,54,59). The highest BCUT2D eigenvalue weighted by atomic mass is 35.5.